The number of amides is 1. The van der Waals surface area contributed by atoms with Gasteiger partial charge in [-0.05, 0) is 81.7 Å². The highest BCUT2D eigenvalue weighted by Crippen LogP contribution is 2.27. The van der Waals surface area contributed by atoms with Crippen molar-refractivity contribution in [3.05, 3.63) is 53.5 Å². The van der Waals surface area contributed by atoms with Crippen LogP contribution in [0.1, 0.15) is 55.5 Å². The summed E-state index contributed by atoms with van der Waals surface area (Å²) in [7, 11) is 0. The first-order valence-electron chi connectivity index (χ1n) is 12.6. The molecule has 3 N–H and O–H groups in total. The Labute approximate surface area is 206 Å². The summed E-state index contributed by atoms with van der Waals surface area (Å²) in [6, 6.07) is 9.19. The van der Waals surface area contributed by atoms with Gasteiger partial charge in [0.2, 0.25) is 0 Å². The van der Waals surface area contributed by atoms with Crippen molar-refractivity contribution >= 4 is 17.9 Å². The van der Waals surface area contributed by atoms with E-state index in [1.807, 2.05) is 0 Å². The summed E-state index contributed by atoms with van der Waals surface area (Å²) in [5, 5.41) is 15.5. The first-order valence-corrected chi connectivity index (χ1v) is 12.6. The number of anilines is 1. The van der Waals surface area contributed by atoms with E-state index in [0.29, 0.717) is 24.7 Å². The first kappa shape index (κ1) is 24.9. The molecule has 0 bridgehead atoms. The SMILES string of the molecule is O=C(N[C@@H](CCN(CCCCc1ccc2c(n1)NCCC2)C1CC1)C(=O)O)OCc1ccccn1. The maximum atomic E-state index is 12.1. The molecule has 0 spiro atoms. The summed E-state index contributed by atoms with van der Waals surface area (Å²) in [6.45, 7) is 2.55. The van der Waals surface area contributed by atoms with E-state index in [-0.39, 0.29) is 6.61 Å². The van der Waals surface area contributed by atoms with Crippen molar-refractivity contribution in [2.45, 2.75) is 70.1 Å². The van der Waals surface area contributed by atoms with Crippen LogP contribution in [0.25, 0.3) is 0 Å². The molecule has 1 aliphatic heterocycles. The fourth-order valence-electron chi connectivity index (χ4n) is 4.40. The second kappa shape index (κ2) is 12.5. The van der Waals surface area contributed by atoms with Gasteiger partial charge in [-0.3, -0.25) is 4.98 Å². The van der Waals surface area contributed by atoms with Gasteiger partial charge in [0.1, 0.15) is 18.5 Å². The lowest BCUT2D eigenvalue weighted by atomic mass is 10.1. The molecule has 188 valence electrons. The highest BCUT2D eigenvalue weighted by atomic mass is 16.5. The molecule has 1 saturated carbocycles. The normalized spacial score (nSPS) is 15.7. The zero-order valence-electron chi connectivity index (χ0n) is 20.1. The third-order valence-corrected chi connectivity index (χ3v) is 6.52. The van der Waals surface area contributed by atoms with Crippen molar-refractivity contribution in [3.63, 3.8) is 0 Å². The molecule has 0 radical (unpaired) electrons. The Hall–Kier alpha value is -3.20. The molecule has 1 atom stereocenters. The van der Waals surface area contributed by atoms with Gasteiger partial charge in [0.15, 0.2) is 0 Å². The predicted octanol–water partition coefficient (Wildman–Crippen LogP) is 3.39. The Balaban J connectivity index is 1.18. The molecule has 3 heterocycles. The standard InChI is InChI=1S/C26H35N5O4/c32-25(33)23(30-26(34)35-18-21-8-1-3-14-27-21)13-17-31(22-11-12-22)16-4-2-7-20-10-9-19-6-5-15-28-24(19)29-20/h1,3,8-10,14,22-23H,2,4-7,11-13,15-18H2,(H,28,29)(H,30,34)(H,32,33)/t23-/m0/s1. The van der Waals surface area contributed by atoms with E-state index in [0.717, 1.165) is 69.5 Å². The van der Waals surface area contributed by atoms with Crippen LogP contribution < -0.4 is 10.6 Å². The van der Waals surface area contributed by atoms with Crippen molar-refractivity contribution in [2.75, 3.05) is 25.0 Å². The van der Waals surface area contributed by atoms with Crippen LogP contribution >= 0.6 is 0 Å². The lowest BCUT2D eigenvalue weighted by Gasteiger charge is -2.24. The number of ether oxygens (including phenoxy) is 1. The number of aliphatic carboxylic acids is 1. The highest BCUT2D eigenvalue weighted by molar-refractivity contribution is 5.79. The quantitative estimate of drug-likeness (QED) is 0.373. The van der Waals surface area contributed by atoms with Gasteiger partial charge in [-0.2, -0.15) is 0 Å². The molecule has 2 aromatic heterocycles. The number of carbonyl (C=O) groups excluding carboxylic acids is 1. The molecular weight excluding hydrogens is 446 g/mol. The summed E-state index contributed by atoms with van der Waals surface area (Å²) >= 11 is 0. The fraction of sp³-hybridized carbons (Fsp3) is 0.538. The second-order valence-corrected chi connectivity index (χ2v) is 9.29. The van der Waals surface area contributed by atoms with Crippen LogP contribution in [0, 0.1) is 0 Å². The van der Waals surface area contributed by atoms with Gasteiger partial charge >= 0.3 is 12.1 Å². The van der Waals surface area contributed by atoms with Crippen LogP contribution in [0.4, 0.5) is 10.6 Å². The number of hydrogen-bond acceptors (Lipinski definition) is 7. The van der Waals surface area contributed by atoms with Crippen molar-refractivity contribution in [3.8, 4) is 0 Å². The molecule has 1 amide bonds. The number of fused-ring (bicyclic) bond motifs is 1. The number of hydrogen-bond donors (Lipinski definition) is 3. The zero-order chi connectivity index (χ0) is 24.5. The van der Waals surface area contributed by atoms with Gasteiger partial charge in [-0.15, -0.1) is 0 Å². The lowest BCUT2D eigenvalue weighted by molar-refractivity contribution is -0.139. The van der Waals surface area contributed by atoms with E-state index < -0.39 is 18.1 Å². The van der Waals surface area contributed by atoms with Gasteiger partial charge in [-0.25, -0.2) is 14.6 Å². The van der Waals surface area contributed by atoms with E-state index >= 15 is 0 Å². The van der Waals surface area contributed by atoms with Gasteiger partial charge < -0.3 is 25.4 Å². The second-order valence-electron chi connectivity index (χ2n) is 9.29. The molecule has 1 fully saturated rings. The van der Waals surface area contributed by atoms with Crippen molar-refractivity contribution in [1.29, 1.82) is 0 Å². The van der Waals surface area contributed by atoms with E-state index in [4.69, 9.17) is 9.72 Å². The summed E-state index contributed by atoms with van der Waals surface area (Å²) in [4.78, 5) is 35.0. The number of unbranched alkanes of at least 4 members (excludes halogenated alkanes) is 1. The number of pyridine rings is 2. The minimum Gasteiger partial charge on any atom is -0.480 e. The maximum absolute atomic E-state index is 12.1. The van der Waals surface area contributed by atoms with Gasteiger partial charge in [0, 0.05) is 31.0 Å². The number of carbonyl (C=O) groups is 2. The minimum absolute atomic E-state index is 0.00233. The Morgan fingerprint density at radius 1 is 1.17 bits per heavy atom. The van der Waals surface area contributed by atoms with Crippen LogP contribution in [-0.2, 0) is 29.0 Å². The van der Waals surface area contributed by atoms with E-state index in [2.05, 4.69) is 32.7 Å². The number of alkyl carbamates (subject to hydrolysis) is 1. The average Bonchev–Trinajstić information content (AvgIpc) is 3.72. The third-order valence-electron chi connectivity index (χ3n) is 6.52. The predicted molar refractivity (Wildman–Crippen MR) is 132 cm³/mol. The molecule has 2 aliphatic rings. The Bertz CT molecular complexity index is 983. The summed E-state index contributed by atoms with van der Waals surface area (Å²) < 4.78 is 5.13. The third kappa shape index (κ3) is 7.92. The molecule has 0 unspecified atom stereocenters. The zero-order valence-corrected chi connectivity index (χ0v) is 20.1. The fourth-order valence-corrected chi connectivity index (χ4v) is 4.40. The summed E-state index contributed by atoms with van der Waals surface area (Å²) in [5.74, 6) is -0.0123. The van der Waals surface area contributed by atoms with Gasteiger partial charge in [0.05, 0.1) is 5.69 Å². The van der Waals surface area contributed by atoms with Gasteiger partial charge in [0.25, 0.3) is 0 Å². The largest absolute Gasteiger partial charge is 0.480 e. The molecular formula is C26H35N5O4. The smallest absolute Gasteiger partial charge is 0.408 e. The Kier molecular flexibility index (Phi) is 8.89. The highest BCUT2D eigenvalue weighted by Gasteiger charge is 2.30. The lowest BCUT2D eigenvalue weighted by Crippen LogP contribution is -2.43. The van der Waals surface area contributed by atoms with Crippen LogP contribution in [-0.4, -0.2) is 63.8 Å². The number of nitrogens with zero attached hydrogens (tertiary/aromatic N) is 3. The Morgan fingerprint density at radius 3 is 2.83 bits per heavy atom. The number of nitrogens with one attached hydrogen (secondary N) is 2. The number of aromatic nitrogens is 2. The number of carboxylic acid groups (broad SMARTS) is 1. The average molecular weight is 482 g/mol. The van der Waals surface area contributed by atoms with Crippen molar-refractivity contribution in [1.82, 2.24) is 20.2 Å². The monoisotopic (exact) mass is 481 g/mol. The summed E-state index contributed by atoms with van der Waals surface area (Å²) in [6.07, 6.45) is 8.77. The van der Waals surface area contributed by atoms with Crippen LogP contribution in [0.15, 0.2) is 36.5 Å². The topological polar surface area (TPSA) is 117 Å². The molecule has 9 nitrogen and oxygen atoms in total. The summed E-state index contributed by atoms with van der Waals surface area (Å²) in [5.41, 5.74) is 3.04. The van der Waals surface area contributed by atoms with Crippen molar-refractivity contribution < 1.29 is 19.4 Å². The van der Waals surface area contributed by atoms with E-state index in [1.165, 1.54) is 5.56 Å². The van der Waals surface area contributed by atoms with E-state index in [1.54, 1.807) is 24.4 Å². The molecule has 0 saturated heterocycles. The van der Waals surface area contributed by atoms with Crippen LogP contribution in [0.3, 0.4) is 0 Å². The number of rotatable bonds is 13. The molecule has 0 aromatic carbocycles. The molecule has 35 heavy (non-hydrogen) atoms. The Morgan fingerprint density at radius 2 is 2.06 bits per heavy atom. The maximum Gasteiger partial charge on any atom is 0.408 e. The molecule has 1 aliphatic carbocycles. The van der Waals surface area contributed by atoms with E-state index in [9.17, 15) is 14.7 Å². The molecule has 2 aromatic rings. The van der Waals surface area contributed by atoms with Crippen LogP contribution in [0.2, 0.25) is 0 Å². The number of carboxylic acids is 1. The first-order chi connectivity index (χ1) is 17.1. The van der Waals surface area contributed by atoms with Crippen LogP contribution in [0.5, 0.6) is 0 Å². The van der Waals surface area contributed by atoms with Gasteiger partial charge in [-0.1, -0.05) is 12.1 Å². The number of aryl methyl sites for hydroxylation is 2. The minimum atomic E-state index is -1.05. The molecule has 9 heteroatoms. The molecule has 4 rings (SSSR count). The van der Waals surface area contributed by atoms with Crippen molar-refractivity contribution in [2.24, 2.45) is 0 Å².